The third kappa shape index (κ3) is 4.08. The lowest BCUT2D eigenvalue weighted by Crippen LogP contribution is -2.36. The molecule has 3 N–H and O–H groups in total. The molecule has 0 radical (unpaired) electrons. The molecule has 1 unspecified atom stereocenters. The monoisotopic (exact) mass is 226 g/mol. The Balaban J connectivity index is 2.65. The van der Waals surface area contributed by atoms with Gasteiger partial charge in [0.2, 0.25) is 0 Å². The van der Waals surface area contributed by atoms with Gasteiger partial charge in [-0.2, -0.15) is 0 Å². The number of hydrogen-bond donors (Lipinski definition) is 2. The Morgan fingerprint density at radius 1 is 1.31 bits per heavy atom. The third-order valence-corrected chi connectivity index (χ3v) is 2.36. The van der Waals surface area contributed by atoms with E-state index in [1.807, 2.05) is 0 Å². The third-order valence-electron chi connectivity index (χ3n) is 2.36. The number of hydrogen-bond acceptors (Lipinski definition) is 2. The van der Waals surface area contributed by atoms with Crippen molar-refractivity contribution in [2.45, 2.75) is 25.3 Å². The lowest BCUT2D eigenvalue weighted by Gasteiger charge is -2.14. The van der Waals surface area contributed by atoms with Gasteiger partial charge in [-0.25, -0.2) is 8.78 Å². The number of rotatable bonds is 6. The number of nitrogens with one attached hydrogen (secondary N) is 1. The van der Waals surface area contributed by atoms with Crippen molar-refractivity contribution in [2.75, 3.05) is 0 Å². The number of nitrogens with two attached hydrogens (primary N) is 1. The maximum absolute atomic E-state index is 12.9. The fourth-order valence-electron chi connectivity index (χ4n) is 1.58. The van der Waals surface area contributed by atoms with Gasteiger partial charge in [-0.1, -0.05) is 6.08 Å². The van der Waals surface area contributed by atoms with Crippen LogP contribution in [0.25, 0.3) is 0 Å². The van der Waals surface area contributed by atoms with Crippen molar-refractivity contribution in [3.05, 3.63) is 48.1 Å². The highest BCUT2D eigenvalue weighted by Crippen LogP contribution is 2.12. The van der Waals surface area contributed by atoms with Gasteiger partial charge in [0.05, 0.1) is 0 Å². The van der Waals surface area contributed by atoms with Crippen LogP contribution >= 0.6 is 0 Å². The Labute approximate surface area is 94.1 Å². The molecule has 0 saturated heterocycles. The molecule has 0 fully saturated rings. The lowest BCUT2D eigenvalue weighted by molar-refractivity contribution is 0.491. The van der Waals surface area contributed by atoms with Gasteiger partial charge in [0.15, 0.2) is 0 Å². The molecule has 16 heavy (non-hydrogen) atoms. The molecule has 1 aromatic rings. The first-order chi connectivity index (χ1) is 7.65. The number of halogens is 2. The van der Waals surface area contributed by atoms with Crippen LogP contribution in [0.5, 0.6) is 0 Å². The second kappa shape index (κ2) is 6.35. The van der Waals surface area contributed by atoms with Crippen LogP contribution in [0.2, 0.25) is 0 Å². The van der Waals surface area contributed by atoms with Crippen molar-refractivity contribution in [1.29, 1.82) is 0 Å². The minimum atomic E-state index is -0.561. The van der Waals surface area contributed by atoms with Crippen LogP contribution in [0, 0.1) is 11.6 Å². The lowest BCUT2D eigenvalue weighted by atomic mass is 10.0. The van der Waals surface area contributed by atoms with Crippen LogP contribution in [-0.4, -0.2) is 6.04 Å². The summed E-state index contributed by atoms with van der Waals surface area (Å²) in [6.45, 7) is 3.61. The Morgan fingerprint density at radius 2 is 1.94 bits per heavy atom. The molecule has 0 aromatic heterocycles. The molecule has 4 heteroatoms. The molecule has 1 aromatic carbocycles. The average Bonchev–Trinajstić information content (AvgIpc) is 2.22. The second-order valence-corrected chi connectivity index (χ2v) is 3.71. The van der Waals surface area contributed by atoms with Gasteiger partial charge in [0.1, 0.15) is 11.6 Å². The molecule has 1 rings (SSSR count). The summed E-state index contributed by atoms with van der Waals surface area (Å²) in [5.74, 6) is 4.24. The Bertz CT molecular complexity index is 333. The van der Waals surface area contributed by atoms with Crippen LogP contribution in [0.4, 0.5) is 8.78 Å². The zero-order valence-corrected chi connectivity index (χ0v) is 9.05. The molecule has 2 nitrogen and oxygen atoms in total. The minimum absolute atomic E-state index is 0.000741. The molecule has 88 valence electrons. The summed E-state index contributed by atoms with van der Waals surface area (Å²) in [6.07, 6.45) is 3.89. The quantitative estimate of drug-likeness (QED) is 0.444. The fourth-order valence-corrected chi connectivity index (χ4v) is 1.58. The molecule has 0 saturated carbocycles. The van der Waals surface area contributed by atoms with Gasteiger partial charge in [-0.3, -0.25) is 11.3 Å². The van der Waals surface area contributed by atoms with Crippen molar-refractivity contribution in [3.63, 3.8) is 0 Å². The first-order valence-electron chi connectivity index (χ1n) is 5.17. The van der Waals surface area contributed by atoms with Crippen molar-refractivity contribution in [2.24, 2.45) is 5.84 Å². The maximum atomic E-state index is 12.9. The summed E-state index contributed by atoms with van der Waals surface area (Å²) < 4.78 is 25.9. The van der Waals surface area contributed by atoms with E-state index in [1.165, 1.54) is 12.1 Å². The molecule has 0 aliphatic carbocycles. The second-order valence-electron chi connectivity index (χ2n) is 3.71. The molecule has 0 aliphatic heterocycles. The van der Waals surface area contributed by atoms with E-state index in [0.29, 0.717) is 12.0 Å². The van der Waals surface area contributed by atoms with E-state index in [2.05, 4.69) is 12.0 Å². The molecule has 0 aliphatic rings. The SMILES string of the molecule is C=CCCC(Cc1cc(F)cc(F)c1)NN. The Kier molecular flexibility index (Phi) is 5.08. The first kappa shape index (κ1) is 12.8. The normalized spacial score (nSPS) is 12.4. The summed E-state index contributed by atoms with van der Waals surface area (Å²) in [6, 6.07) is 3.50. The average molecular weight is 226 g/mol. The predicted octanol–water partition coefficient (Wildman–Crippen LogP) is 2.31. The number of hydrazine groups is 1. The summed E-state index contributed by atoms with van der Waals surface area (Å²) in [5, 5.41) is 0. The molecule has 1 atom stereocenters. The summed E-state index contributed by atoms with van der Waals surface area (Å²) >= 11 is 0. The summed E-state index contributed by atoms with van der Waals surface area (Å²) in [4.78, 5) is 0. The minimum Gasteiger partial charge on any atom is -0.271 e. The predicted molar refractivity (Wildman–Crippen MR) is 60.6 cm³/mol. The summed E-state index contributed by atoms with van der Waals surface area (Å²) in [5.41, 5.74) is 3.23. The fraction of sp³-hybridized carbons (Fsp3) is 0.333. The largest absolute Gasteiger partial charge is 0.271 e. The number of benzene rings is 1. The number of allylic oxidation sites excluding steroid dienone is 1. The first-order valence-corrected chi connectivity index (χ1v) is 5.17. The zero-order chi connectivity index (χ0) is 12.0. The topological polar surface area (TPSA) is 38.0 Å². The standard InChI is InChI=1S/C12H16F2N2/c1-2-3-4-12(16-15)7-9-5-10(13)8-11(14)6-9/h2,5-6,8,12,16H,1,3-4,7,15H2. The van der Waals surface area contributed by atoms with Crippen molar-refractivity contribution >= 4 is 0 Å². The molecule has 0 spiro atoms. The molecule has 0 heterocycles. The summed E-state index contributed by atoms with van der Waals surface area (Å²) in [7, 11) is 0. The van der Waals surface area contributed by atoms with Crippen LogP contribution in [0.3, 0.4) is 0 Å². The molecule has 0 bridgehead atoms. The van der Waals surface area contributed by atoms with E-state index in [0.717, 1.165) is 18.9 Å². The highest BCUT2D eigenvalue weighted by atomic mass is 19.1. The molecular weight excluding hydrogens is 210 g/mol. The molecule has 0 amide bonds. The van der Waals surface area contributed by atoms with E-state index in [9.17, 15) is 8.78 Å². The highest BCUT2D eigenvalue weighted by Gasteiger charge is 2.08. The van der Waals surface area contributed by atoms with E-state index < -0.39 is 11.6 Å². The molecular formula is C12H16F2N2. The van der Waals surface area contributed by atoms with E-state index in [-0.39, 0.29) is 6.04 Å². The van der Waals surface area contributed by atoms with Gasteiger partial charge in [-0.05, 0) is 37.0 Å². The van der Waals surface area contributed by atoms with Gasteiger partial charge < -0.3 is 0 Å². The van der Waals surface area contributed by atoms with Crippen LogP contribution in [0.15, 0.2) is 30.9 Å². The zero-order valence-electron chi connectivity index (χ0n) is 9.05. The smallest absolute Gasteiger partial charge is 0.126 e. The van der Waals surface area contributed by atoms with Gasteiger partial charge in [0, 0.05) is 12.1 Å². The Morgan fingerprint density at radius 3 is 2.44 bits per heavy atom. The van der Waals surface area contributed by atoms with Gasteiger partial charge in [0.25, 0.3) is 0 Å². The van der Waals surface area contributed by atoms with Gasteiger partial charge >= 0.3 is 0 Å². The van der Waals surface area contributed by atoms with Crippen molar-refractivity contribution in [3.8, 4) is 0 Å². The van der Waals surface area contributed by atoms with Crippen LogP contribution in [0.1, 0.15) is 18.4 Å². The van der Waals surface area contributed by atoms with E-state index >= 15 is 0 Å². The van der Waals surface area contributed by atoms with Crippen LogP contribution in [-0.2, 0) is 6.42 Å². The Hall–Kier alpha value is -1.26. The highest BCUT2D eigenvalue weighted by molar-refractivity contribution is 5.18. The maximum Gasteiger partial charge on any atom is 0.126 e. The van der Waals surface area contributed by atoms with Crippen LogP contribution < -0.4 is 11.3 Å². The van der Waals surface area contributed by atoms with Gasteiger partial charge in [-0.15, -0.1) is 6.58 Å². The van der Waals surface area contributed by atoms with E-state index in [1.54, 1.807) is 6.08 Å². The van der Waals surface area contributed by atoms with E-state index in [4.69, 9.17) is 5.84 Å². The van der Waals surface area contributed by atoms with Crippen molar-refractivity contribution in [1.82, 2.24) is 5.43 Å². The van der Waals surface area contributed by atoms with Crippen molar-refractivity contribution < 1.29 is 8.78 Å².